The van der Waals surface area contributed by atoms with Crippen LogP contribution in [-0.2, 0) is 9.13 Å². The van der Waals surface area contributed by atoms with E-state index in [1.165, 1.54) is 14.1 Å². The lowest BCUT2D eigenvalue weighted by atomic mass is 10.8. The largest absolute Gasteiger partial charge is 0.354 e. The van der Waals surface area contributed by atoms with Crippen molar-refractivity contribution in [3.8, 4) is 0 Å². The third-order valence-corrected chi connectivity index (χ3v) is 5.00. The van der Waals surface area contributed by atoms with Crippen LogP contribution in [0.2, 0.25) is 0 Å². The van der Waals surface area contributed by atoms with E-state index >= 15 is 0 Å². The van der Waals surface area contributed by atoms with Gasteiger partial charge in [0.05, 0.1) is 8.41 Å². The molecule has 0 aromatic carbocycles. The fourth-order valence-corrected chi connectivity index (χ4v) is 3.57. The number of nitrogens with zero attached hydrogens (tertiary/aromatic N) is 1. The van der Waals surface area contributed by atoms with Gasteiger partial charge in [0, 0.05) is 0 Å². The number of rotatable bonds is 3. The first kappa shape index (κ1) is 15.8. The van der Waals surface area contributed by atoms with E-state index in [1.54, 1.807) is 0 Å². The second-order valence-corrected chi connectivity index (χ2v) is 6.23. The molecule has 0 bridgehead atoms. The molecule has 0 unspecified atom stereocenters. The van der Waals surface area contributed by atoms with E-state index in [2.05, 4.69) is 0 Å². The lowest BCUT2D eigenvalue weighted by Gasteiger charge is -2.25. The Kier molecular flexibility index (Phi) is 5.71. The second kappa shape index (κ2) is 4.71. The second-order valence-electron chi connectivity index (χ2n) is 2.49. The number of hydrogen-bond acceptors (Lipinski definition) is 3. The van der Waals surface area contributed by atoms with Crippen LogP contribution < -0.4 is 0 Å². The average molecular weight is 233 g/mol. The van der Waals surface area contributed by atoms with Crippen molar-refractivity contribution in [2.45, 2.75) is 5.52 Å². The Morgan fingerprint density at radius 1 is 1.00 bits per heavy atom. The van der Waals surface area contributed by atoms with Crippen molar-refractivity contribution < 1.29 is 28.7 Å². The molecule has 0 saturated heterocycles. The van der Waals surface area contributed by atoms with Crippen molar-refractivity contribution in [2.24, 2.45) is 0 Å². The van der Waals surface area contributed by atoms with Crippen molar-refractivity contribution in [1.82, 2.24) is 4.90 Å². The van der Waals surface area contributed by atoms with E-state index in [-0.39, 0.29) is 8.41 Å². The summed E-state index contributed by atoms with van der Waals surface area (Å²) in [6.07, 6.45) is 0. The van der Waals surface area contributed by atoms with Gasteiger partial charge >= 0.3 is 15.2 Å². The third-order valence-electron chi connectivity index (χ3n) is 1.06. The first-order valence-electron chi connectivity index (χ1n) is 2.83. The zero-order chi connectivity index (χ0) is 10.2. The van der Waals surface area contributed by atoms with Crippen LogP contribution in [0.15, 0.2) is 0 Å². The average Bonchev–Trinajstić information content (AvgIpc) is 1.49. The Morgan fingerprint density at radius 3 is 1.23 bits per heavy atom. The van der Waals surface area contributed by atoms with Gasteiger partial charge in [0.25, 0.3) is 0 Å². The molecule has 0 spiro atoms. The van der Waals surface area contributed by atoms with E-state index < -0.39 is 20.7 Å². The summed E-state index contributed by atoms with van der Waals surface area (Å²) >= 11 is 0. The van der Waals surface area contributed by atoms with E-state index in [1.807, 2.05) is 0 Å². The van der Waals surface area contributed by atoms with Gasteiger partial charge in [-0.1, -0.05) is 0 Å². The Balaban J connectivity index is 0. The van der Waals surface area contributed by atoms with E-state index in [9.17, 15) is 9.13 Å². The van der Waals surface area contributed by atoms with Crippen LogP contribution in [0.1, 0.15) is 0 Å². The quantitative estimate of drug-likeness (QED) is 0.329. The summed E-state index contributed by atoms with van der Waals surface area (Å²) in [6, 6.07) is 0. The minimum absolute atomic E-state index is 0. The maximum Gasteiger partial charge on any atom is 0.354 e. The molecule has 7 nitrogen and oxygen atoms in total. The van der Waals surface area contributed by atoms with Crippen LogP contribution in [0.4, 0.5) is 0 Å². The van der Waals surface area contributed by atoms with Crippen molar-refractivity contribution in [3.05, 3.63) is 0 Å². The summed E-state index contributed by atoms with van der Waals surface area (Å²) in [5.41, 5.74) is -2.05. The Hall–Kier alpha value is 0.325. The molecule has 0 aromatic rings. The van der Waals surface area contributed by atoms with Crippen molar-refractivity contribution in [2.75, 3.05) is 14.1 Å². The Morgan fingerprint density at radius 2 is 1.23 bits per heavy atom. The lowest BCUT2D eigenvalue weighted by molar-refractivity contribution is 0.280. The van der Waals surface area contributed by atoms with Crippen molar-refractivity contribution >= 4 is 23.6 Å². The molecular formula is C3H14BNO6P2. The zero-order valence-corrected chi connectivity index (χ0v) is 8.31. The van der Waals surface area contributed by atoms with Gasteiger partial charge < -0.3 is 19.6 Å². The molecule has 0 amide bonds. The molecule has 0 heterocycles. The van der Waals surface area contributed by atoms with E-state index in [0.29, 0.717) is 0 Å². The highest BCUT2D eigenvalue weighted by Crippen LogP contribution is 2.60. The van der Waals surface area contributed by atoms with Crippen LogP contribution in [-0.4, -0.2) is 52.5 Å². The highest BCUT2D eigenvalue weighted by Gasteiger charge is 2.44. The molecule has 0 aliphatic heterocycles. The summed E-state index contributed by atoms with van der Waals surface area (Å²) < 4.78 is 21.2. The van der Waals surface area contributed by atoms with Gasteiger partial charge in [-0.2, -0.15) is 0 Å². The fraction of sp³-hybridized carbons (Fsp3) is 1.00. The van der Waals surface area contributed by atoms with Crippen molar-refractivity contribution in [1.29, 1.82) is 0 Å². The lowest BCUT2D eigenvalue weighted by Crippen LogP contribution is -2.27. The van der Waals surface area contributed by atoms with Gasteiger partial charge in [-0.25, -0.2) is 0 Å². The first-order chi connectivity index (χ1) is 5.07. The van der Waals surface area contributed by atoms with E-state index in [4.69, 9.17) is 19.6 Å². The van der Waals surface area contributed by atoms with Crippen molar-refractivity contribution in [3.63, 3.8) is 0 Å². The topological polar surface area (TPSA) is 118 Å². The SMILES string of the molecule is B.CN(C)C(P(=O)(O)O)P(=O)(O)O. The predicted octanol–water partition coefficient (Wildman–Crippen LogP) is -2.00. The highest BCUT2D eigenvalue weighted by atomic mass is 31.2. The molecule has 0 aliphatic rings. The summed E-state index contributed by atoms with van der Waals surface area (Å²) in [6.45, 7) is 0. The smallest absolute Gasteiger partial charge is 0.323 e. The number of hydrogen-bond donors (Lipinski definition) is 4. The molecule has 4 N–H and O–H groups in total. The molecule has 0 aliphatic carbocycles. The molecule has 13 heavy (non-hydrogen) atoms. The zero-order valence-electron chi connectivity index (χ0n) is 6.52. The predicted molar refractivity (Wildman–Crippen MR) is 51.5 cm³/mol. The van der Waals surface area contributed by atoms with Crippen LogP contribution in [0, 0.1) is 0 Å². The fourth-order valence-electron chi connectivity index (χ4n) is 0.798. The van der Waals surface area contributed by atoms with E-state index in [0.717, 1.165) is 4.90 Å². The summed E-state index contributed by atoms with van der Waals surface area (Å²) in [5, 5.41) is 0. The van der Waals surface area contributed by atoms with Crippen LogP contribution in [0.5, 0.6) is 0 Å². The molecule has 0 atom stereocenters. The van der Waals surface area contributed by atoms with Gasteiger partial charge in [0.1, 0.15) is 0 Å². The molecule has 10 heteroatoms. The molecule has 0 fully saturated rings. The maximum atomic E-state index is 10.6. The molecule has 0 saturated carbocycles. The van der Waals surface area contributed by atoms with Gasteiger partial charge in [-0.15, -0.1) is 0 Å². The Labute approximate surface area is 77.7 Å². The molecule has 0 aromatic heterocycles. The normalized spacial score (nSPS) is 13.2. The minimum Gasteiger partial charge on any atom is -0.323 e. The standard InChI is InChI=1S/C3H11NO6P2.BH3/c1-4(2)3(11(5,6)7)12(8,9)10;/h3H,1-2H3,(H2,5,6,7)(H2,8,9,10);1H3. The third kappa shape index (κ3) is 4.93. The highest BCUT2D eigenvalue weighted by molar-refractivity contribution is 7.70. The van der Waals surface area contributed by atoms with Gasteiger partial charge in [-0.05, 0) is 14.1 Å². The van der Waals surface area contributed by atoms with Gasteiger partial charge in [0.2, 0.25) is 5.52 Å². The molecule has 0 radical (unpaired) electrons. The molecule has 0 rings (SSSR count). The van der Waals surface area contributed by atoms with Crippen LogP contribution >= 0.6 is 15.2 Å². The van der Waals surface area contributed by atoms with Crippen LogP contribution in [0.3, 0.4) is 0 Å². The van der Waals surface area contributed by atoms with Gasteiger partial charge in [-0.3, -0.25) is 14.0 Å². The van der Waals surface area contributed by atoms with Gasteiger partial charge in [0.15, 0.2) is 0 Å². The van der Waals surface area contributed by atoms with Crippen LogP contribution in [0.25, 0.3) is 0 Å². The Bertz CT molecular complexity index is 222. The summed E-state index contributed by atoms with van der Waals surface area (Å²) in [5.74, 6) is 0. The summed E-state index contributed by atoms with van der Waals surface area (Å²) in [4.78, 5) is 35.0. The molecular weight excluding hydrogens is 219 g/mol. The monoisotopic (exact) mass is 233 g/mol. The summed E-state index contributed by atoms with van der Waals surface area (Å²) in [7, 11) is -7.21. The molecule has 80 valence electrons. The first-order valence-corrected chi connectivity index (χ1v) is 6.20. The minimum atomic E-state index is -4.79. The maximum absolute atomic E-state index is 10.6.